The third-order valence-corrected chi connectivity index (χ3v) is 1.77. The van der Waals surface area contributed by atoms with Crippen molar-refractivity contribution in [3.8, 4) is 0 Å². The molecule has 0 aromatic heterocycles. The van der Waals surface area contributed by atoms with Gasteiger partial charge in [-0.2, -0.15) is 0 Å². The molecule has 0 aliphatic rings. The maximum Gasteiger partial charge on any atom is 0.321 e. The summed E-state index contributed by atoms with van der Waals surface area (Å²) in [7, 11) is 5.95. The topological polar surface area (TPSA) is 15.3 Å². The van der Waals surface area contributed by atoms with E-state index >= 15 is 0 Å². The number of nitrogens with zero attached hydrogens (tertiary/aromatic N) is 1. The second kappa shape index (κ2) is 9.71. The average molecular weight is 197 g/mol. The van der Waals surface area contributed by atoms with E-state index in [4.69, 9.17) is 0 Å². The van der Waals surface area contributed by atoms with Crippen LogP contribution in [0.4, 0.5) is 0 Å². The van der Waals surface area contributed by atoms with E-state index in [0.717, 1.165) is 0 Å². The van der Waals surface area contributed by atoms with Gasteiger partial charge in [0.1, 0.15) is 0 Å². The molecule has 0 aliphatic carbocycles. The Kier molecular flexibility index (Phi) is 16.5. The molecule has 0 fully saturated rings. The lowest BCUT2D eigenvalue weighted by Crippen LogP contribution is -2.34. The van der Waals surface area contributed by atoms with Crippen LogP contribution in [-0.4, -0.2) is 37.4 Å². The van der Waals surface area contributed by atoms with Gasteiger partial charge in [0.05, 0.1) is 0 Å². The molecule has 0 spiro atoms. The molecule has 10 heavy (non-hydrogen) atoms. The molecule has 0 unspecified atom stereocenters. The molecule has 0 heterocycles. The Morgan fingerprint density at radius 3 is 1.70 bits per heavy atom. The molecule has 1 N–H and O–H groups in total. The number of nitrogens with one attached hydrogen (secondary N) is 1. The highest BCUT2D eigenvalue weighted by molar-refractivity contribution is 7.77. The van der Waals surface area contributed by atoms with E-state index in [9.17, 15) is 0 Å². The van der Waals surface area contributed by atoms with Gasteiger partial charge in [-0.25, -0.2) is 10.2 Å². The summed E-state index contributed by atoms with van der Waals surface area (Å²) in [5.74, 6) is 0. The minimum atomic E-state index is 0. The summed E-state index contributed by atoms with van der Waals surface area (Å²) in [6.07, 6.45) is 2.05. The summed E-state index contributed by atoms with van der Waals surface area (Å²) in [5, 5.41) is 4.24. The van der Waals surface area contributed by atoms with Crippen LogP contribution in [0.2, 0.25) is 0 Å². The number of hydrogen-bond donors (Lipinski definition) is 1. The lowest BCUT2D eigenvalue weighted by Gasteiger charge is -2.01. The van der Waals surface area contributed by atoms with Crippen LogP contribution in [0.15, 0.2) is 0 Å². The zero-order valence-electron chi connectivity index (χ0n) is 6.67. The highest BCUT2D eigenvalue weighted by Crippen LogP contribution is 1.71. The molecule has 0 amide bonds. The van der Waals surface area contributed by atoms with Gasteiger partial charge >= 0.3 is 5.11 Å². The van der Waals surface area contributed by atoms with Crippen LogP contribution in [0, 0.1) is 0 Å². The van der Waals surface area contributed by atoms with Gasteiger partial charge in [0, 0.05) is 0 Å². The largest absolute Gasteiger partial charge is 2.00 e. The molecule has 0 bridgehead atoms. The first kappa shape index (κ1) is 17.0. The van der Waals surface area contributed by atoms with E-state index in [1.165, 1.54) is 5.11 Å². The molecule has 0 aromatic rings. The fraction of sp³-hybridized carbons (Fsp3) is 0.800. The van der Waals surface area contributed by atoms with Crippen molar-refractivity contribution in [2.24, 2.45) is 0 Å². The van der Waals surface area contributed by atoms with E-state index in [2.05, 4.69) is 5.32 Å². The second-order valence-electron chi connectivity index (χ2n) is 1.65. The van der Waals surface area contributed by atoms with Crippen molar-refractivity contribution in [1.82, 2.24) is 10.2 Å². The van der Waals surface area contributed by atoms with Crippen molar-refractivity contribution < 1.29 is 0 Å². The number of hydrogen-bond acceptors (Lipinski definition) is 0. The highest BCUT2D eigenvalue weighted by Gasteiger charge is 2.05. The lowest BCUT2D eigenvalue weighted by molar-refractivity contribution is 0.612. The van der Waals surface area contributed by atoms with Gasteiger partial charge in [0.2, 0.25) is 11.4 Å². The van der Waals surface area contributed by atoms with Crippen LogP contribution in [0.3, 0.4) is 0 Å². The molecule has 0 aromatic carbocycles. The normalized spacial score (nSPS) is 10.3. The van der Waals surface area contributed by atoms with Crippen molar-refractivity contribution in [3.05, 3.63) is 0 Å². The molecule has 0 saturated carbocycles. The van der Waals surface area contributed by atoms with Crippen LogP contribution in [-0.2, 0) is 38.3 Å². The maximum atomic E-state index is 3.06. The van der Waals surface area contributed by atoms with Crippen LogP contribution < -0.4 is 5.32 Å². The van der Waals surface area contributed by atoms with Gasteiger partial charge in [-0.3, -0.25) is 0 Å². The monoisotopic (exact) mass is 197 g/mol. The molecule has 0 radical (unpaired) electrons. The molecular formula is C5H13N2S3-3. The van der Waals surface area contributed by atoms with Crippen LogP contribution in [0.5, 0.6) is 0 Å². The van der Waals surface area contributed by atoms with Crippen molar-refractivity contribution in [2.75, 3.05) is 27.4 Å². The van der Waals surface area contributed by atoms with E-state index < -0.39 is 0 Å². The van der Waals surface area contributed by atoms with Crippen molar-refractivity contribution in [1.29, 1.82) is 0 Å². The molecule has 5 heteroatoms. The fourth-order valence-electron chi connectivity index (χ4n) is 0.508. The lowest BCUT2D eigenvalue weighted by atomic mass is 10.9. The zero-order valence-corrected chi connectivity index (χ0v) is 9.12. The van der Waals surface area contributed by atoms with Crippen molar-refractivity contribution in [3.63, 3.8) is 0 Å². The van der Waals surface area contributed by atoms with Crippen molar-refractivity contribution in [2.45, 2.75) is 0 Å². The van der Waals surface area contributed by atoms with Gasteiger partial charge in [-0.1, -0.05) is 0 Å². The van der Waals surface area contributed by atoms with Crippen molar-refractivity contribution >= 4 is 43.5 Å². The van der Waals surface area contributed by atoms with E-state index in [1.807, 2.05) is 32.3 Å². The van der Waals surface area contributed by atoms with Gasteiger partial charge < -0.3 is 27.0 Å². The third-order valence-electron chi connectivity index (χ3n) is 0.813. The summed E-state index contributed by atoms with van der Waals surface area (Å²) >= 11 is 1.71. The SMILES string of the molecule is CN/C(=[S+]/C)N(C)C.[S-2].[S-2]. The molecule has 0 atom stereocenters. The summed E-state index contributed by atoms with van der Waals surface area (Å²) in [5.41, 5.74) is 0. The molecule has 2 nitrogen and oxygen atoms in total. The number of rotatable bonds is 0. The van der Waals surface area contributed by atoms with Crippen LogP contribution in [0.1, 0.15) is 0 Å². The molecular weight excluding hydrogens is 184 g/mol. The summed E-state index contributed by atoms with van der Waals surface area (Å²) < 4.78 is 0. The first-order valence-electron chi connectivity index (χ1n) is 2.48. The zero-order chi connectivity index (χ0) is 6.57. The summed E-state index contributed by atoms with van der Waals surface area (Å²) in [6, 6.07) is 0. The Labute approximate surface area is 81.2 Å². The Hall–Kier alpha value is 0.710. The minimum absolute atomic E-state index is 0. The first-order valence-corrected chi connectivity index (χ1v) is 3.71. The molecule has 0 aliphatic heterocycles. The molecule has 0 rings (SSSR count). The summed E-state index contributed by atoms with van der Waals surface area (Å²) in [6.45, 7) is 0. The second-order valence-corrected chi connectivity index (χ2v) is 2.45. The van der Waals surface area contributed by atoms with E-state index in [-0.39, 0.29) is 27.0 Å². The highest BCUT2D eigenvalue weighted by atomic mass is 32.1. The van der Waals surface area contributed by atoms with E-state index in [1.54, 1.807) is 11.4 Å². The maximum absolute atomic E-state index is 3.06. The molecule has 0 saturated heterocycles. The predicted molar refractivity (Wildman–Crippen MR) is 55.8 cm³/mol. The quantitative estimate of drug-likeness (QED) is 0.418. The Balaban J connectivity index is -0.000000245. The van der Waals surface area contributed by atoms with E-state index in [0.29, 0.717) is 0 Å². The Bertz CT molecular complexity index is 92.9. The van der Waals surface area contributed by atoms with Gasteiger partial charge in [-0.15, -0.1) is 0 Å². The third kappa shape index (κ3) is 6.82. The molecule has 64 valence electrons. The minimum Gasteiger partial charge on any atom is -2.00 e. The van der Waals surface area contributed by atoms with Gasteiger partial charge in [0.25, 0.3) is 0 Å². The Morgan fingerprint density at radius 2 is 1.70 bits per heavy atom. The van der Waals surface area contributed by atoms with Gasteiger partial charge in [0.15, 0.2) is 6.26 Å². The predicted octanol–water partition coefficient (Wildman–Crippen LogP) is -0.438. The standard InChI is InChI=1S/C5H13N2S.2S/c1-6-5(8-4)7(2)3;;/h6H,1-4H3;;/q+1;2*-2. The average Bonchev–Trinajstić information content (AvgIpc) is 1.69. The fourth-order valence-corrected chi connectivity index (χ4v) is 1.08. The first-order chi connectivity index (χ1) is 3.72. The smallest absolute Gasteiger partial charge is 0.321 e. The Morgan fingerprint density at radius 1 is 1.30 bits per heavy atom. The van der Waals surface area contributed by atoms with Crippen LogP contribution in [0.25, 0.3) is 0 Å². The van der Waals surface area contributed by atoms with Crippen LogP contribution >= 0.6 is 0 Å². The van der Waals surface area contributed by atoms with Gasteiger partial charge in [-0.05, 0) is 21.1 Å². The summed E-state index contributed by atoms with van der Waals surface area (Å²) in [4.78, 5) is 2.05.